The molecule has 0 spiro atoms. The van der Waals surface area contributed by atoms with Gasteiger partial charge in [-0.25, -0.2) is 9.78 Å². The number of aryl methyl sites for hydroxylation is 1. The van der Waals surface area contributed by atoms with Crippen molar-refractivity contribution in [3.63, 3.8) is 0 Å². The average molecular weight is 318 g/mol. The van der Waals surface area contributed by atoms with Crippen LogP contribution in [0.4, 0.5) is 0 Å². The lowest BCUT2D eigenvalue weighted by molar-refractivity contribution is 0.0385. The van der Waals surface area contributed by atoms with Gasteiger partial charge in [0.15, 0.2) is 5.69 Å². The number of rotatable bonds is 7. The lowest BCUT2D eigenvalue weighted by Crippen LogP contribution is -2.13. The molecule has 0 aliphatic heterocycles. The molecule has 0 saturated heterocycles. The predicted molar refractivity (Wildman–Crippen MR) is 86.7 cm³/mol. The van der Waals surface area contributed by atoms with Crippen molar-refractivity contribution < 1.29 is 19.0 Å². The van der Waals surface area contributed by atoms with E-state index in [0.717, 1.165) is 11.3 Å². The summed E-state index contributed by atoms with van der Waals surface area (Å²) in [6, 6.07) is 7.48. The largest absolute Gasteiger partial charge is 0.497 e. The zero-order valence-electron chi connectivity index (χ0n) is 13.9. The smallest absolute Gasteiger partial charge is 0.358 e. The van der Waals surface area contributed by atoms with E-state index in [1.807, 2.05) is 31.2 Å². The molecule has 1 N–H and O–H groups in total. The van der Waals surface area contributed by atoms with Gasteiger partial charge >= 0.3 is 5.97 Å². The number of carbonyl (C=O) groups is 1. The Morgan fingerprint density at radius 3 is 2.83 bits per heavy atom. The highest BCUT2D eigenvalue weighted by atomic mass is 16.5. The molecule has 0 amide bonds. The molecule has 0 radical (unpaired) electrons. The molecule has 0 fully saturated rings. The van der Waals surface area contributed by atoms with Gasteiger partial charge in [-0.05, 0) is 26.0 Å². The van der Waals surface area contributed by atoms with Crippen molar-refractivity contribution in [3.8, 4) is 17.1 Å². The fourth-order valence-corrected chi connectivity index (χ4v) is 2.07. The molecular formula is C17H22N2O4. The Morgan fingerprint density at radius 2 is 2.13 bits per heavy atom. The van der Waals surface area contributed by atoms with E-state index in [9.17, 15) is 4.79 Å². The zero-order valence-corrected chi connectivity index (χ0v) is 13.9. The lowest BCUT2D eigenvalue weighted by Gasteiger charge is -2.08. The van der Waals surface area contributed by atoms with E-state index in [0.29, 0.717) is 30.2 Å². The normalized spacial score (nSPS) is 12.0. The second-order valence-electron chi connectivity index (χ2n) is 5.26. The molecule has 1 aromatic carbocycles. The summed E-state index contributed by atoms with van der Waals surface area (Å²) < 4.78 is 15.6. The van der Waals surface area contributed by atoms with E-state index >= 15 is 0 Å². The zero-order chi connectivity index (χ0) is 16.8. The van der Waals surface area contributed by atoms with Crippen molar-refractivity contribution in [2.24, 2.45) is 0 Å². The van der Waals surface area contributed by atoms with Crippen LogP contribution in [0.5, 0.6) is 5.75 Å². The summed E-state index contributed by atoms with van der Waals surface area (Å²) in [5, 5.41) is 0. The monoisotopic (exact) mass is 318 g/mol. The maximum absolute atomic E-state index is 12.1. The Morgan fingerprint density at radius 1 is 1.35 bits per heavy atom. The number of aromatic nitrogens is 2. The summed E-state index contributed by atoms with van der Waals surface area (Å²) in [6.07, 6.45) is 0.699. The second kappa shape index (κ2) is 7.78. The third kappa shape index (κ3) is 4.32. The number of hydrogen-bond acceptors (Lipinski definition) is 5. The van der Waals surface area contributed by atoms with Crippen LogP contribution in [0.2, 0.25) is 0 Å². The van der Waals surface area contributed by atoms with Crippen molar-refractivity contribution in [1.29, 1.82) is 0 Å². The minimum Gasteiger partial charge on any atom is -0.497 e. The summed E-state index contributed by atoms with van der Waals surface area (Å²) in [5.41, 5.74) is 1.82. The van der Waals surface area contributed by atoms with Crippen molar-refractivity contribution in [3.05, 3.63) is 35.7 Å². The number of methoxy groups -OCH3 is 2. The van der Waals surface area contributed by atoms with Crippen LogP contribution >= 0.6 is 0 Å². The maximum Gasteiger partial charge on any atom is 0.358 e. The highest BCUT2D eigenvalue weighted by molar-refractivity contribution is 5.89. The third-order valence-electron chi connectivity index (χ3n) is 3.58. The minimum absolute atomic E-state index is 0.0513. The van der Waals surface area contributed by atoms with Gasteiger partial charge in [0, 0.05) is 24.8 Å². The molecule has 1 atom stereocenters. The van der Waals surface area contributed by atoms with Crippen LogP contribution in [-0.2, 0) is 9.47 Å². The highest BCUT2D eigenvalue weighted by Gasteiger charge is 2.17. The van der Waals surface area contributed by atoms with E-state index in [2.05, 4.69) is 9.97 Å². The SMILES string of the molecule is COc1cccc(-c2nc(C(=O)OCC[C@@H](C)OC)c(C)[nH]2)c1. The van der Waals surface area contributed by atoms with Gasteiger partial charge < -0.3 is 19.2 Å². The van der Waals surface area contributed by atoms with E-state index in [1.165, 1.54) is 0 Å². The number of imidazole rings is 1. The first-order valence-corrected chi connectivity index (χ1v) is 7.46. The van der Waals surface area contributed by atoms with Gasteiger partial charge in [-0.1, -0.05) is 12.1 Å². The summed E-state index contributed by atoms with van der Waals surface area (Å²) in [6.45, 7) is 4.02. The molecular weight excluding hydrogens is 296 g/mol. The number of H-pyrrole nitrogens is 1. The van der Waals surface area contributed by atoms with Gasteiger partial charge in [-0.3, -0.25) is 0 Å². The highest BCUT2D eigenvalue weighted by Crippen LogP contribution is 2.22. The molecule has 23 heavy (non-hydrogen) atoms. The number of aromatic amines is 1. The van der Waals surface area contributed by atoms with Crippen LogP contribution in [-0.4, -0.2) is 42.9 Å². The first-order valence-electron chi connectivity index (χ1n) is 7.46. The van der Waals surface area contributed by atoms with Crippen LogP contribution in [0.3, 0.4) is 0 Å². The minimum atomic E-state index is -0.434. The summed E-state index contributed by atoms with van der Waals surface area (Å²) in [5.74, 6) is 0.907. The van der Waals surface area contributed by atoms with Gasteiger partial charge in [0.1, 0.15) is 11.6 Å². The molecule has 6 nitrogen and oxygen atoms in total. The van der Waals surface area contributed by atoms with Crippen molar-refractivity contribution in [1.82, 2.24) is 9.97 Å². The van der Waals surface area contributed by atoms with Gasteiger partial charge in [0.05, 0.1) is 19.8 Å². The van der Waals surface area contributed by atoms with Crippen molar-refractivity contribution in [2.45, 2.75) is 26.4 Å². The fraction of sp³-hybridized carbons (Fsp3) is 0.412. The van der Waals surface area contributed by atoms with E-state index in [4.69, 9.17) is 14.2 Å². The van der Waals surface area contributed by atoms with Gasteiger partial charge in [0.25, 0.3) is 0 Å². The quantitative estimate of drug-likeness (QED) is 0.795. The summed E-state index contributed by atoms with van der Waals surface area (Å²) in [7, 11) is 3.24. The topological polar surface area (TPSA) is 73.4 Å². The predicted octanol–water partition coefficient (Wildman–Crippen LogP) is 2.98. The summed E-state index contributed by atoms with van der Waals surface area (Å²) >= 11 is 0. The van der Waals surface area contributed by atoms with Crippen LogP contribution in [0.1, 0.15) is 29.5 Å². The van der Waals surface area contributed by atoms with Gasteiger partial charge in [-0.15, -0.1) is 0 Å². The molecule has 6 heteroatoms. The number of esters is 1. The molecule has 0 aliphatic carbocycles. The molecule has 0 saturated carbocycles. The number of benzene rings is 1. The van der Waals surface area contributed by atoms with E-state index in [-0.39, 0.29) is 6.10 Å². The van der Waals surface area contributed by atoms with Gasteiger partial charge in [0.2, 0.25) is 0 Å². The Hall–Kier alpha value is -2.34. The first kappa shape index (κ1) is 17.0. The van der Waals surface area contributed by atoms with Gasteiger partial charge in [-0.2, -0.15) is 0 Å². The molecule has 1 aromatic heterocycles. The molecule has 2 rings (SSSR count). The maximum atomic E-state index is 12.1. The Labute approximate surface area is 135 Å². The fourth-order valence-electron chi connectivity index (χ4n) is 2.07. The second-order valence-corrected chi connectivity index (χ2v) is 5.26. The Bertz CT molecular complexity index is 666. The van der Waals surface area contributed by atoms with E-state index < -0.39 is 5.97 Å². The third-order valence-corrected chi connectivity index (χ3v) is 3.58. The number of carbonyl (C=O) groups excluding carboxylic acids is 1. The van der Waals surface area contributed by atoms with E-state index in [1.54, 1.807) is 21.1 Å². The number of nitrogens with zero attached hydrogens (tertiary/aromatic N) is 1. The first-order chi connectivity index (χ1) is 11.0. The summed E-state index contributed by atoms with van der Waals surface area (Å²) in [4.78, 5) is 19.6. The Balaban J connectivity index is 2.09. The number of ether oxygens (including phenoxy) is 3. The lowest BCUT2D eigenvalue weighted by atomic mass is 10.2. The van der Waals surface area contributed by atoms with Crippen LogP contribution < -0.4 is 4.74 Å². The van der Waals surface area contributed by atoms with Crippen LogP contribution in [0, 0.1) is 6.92 Å². The standard InChI is InChI=1S/C17H22N2O4/c1-11(21-3)8-9-23-17(20)15-12(2)18-16(19-15)13-6-5-7-14(10-13)22-4/h5-7,10-11H,8-9H2,1-4H3,(H,18,19)/t11-/m1/s1. The molecule has 0 aliphatic rings. The van der Waals surface area contributed by atoms with Crippen molar-refractivity contribution >= 4 is 5.97 Å². The Kier molecular flexibility index (Phi) is 5.76. The van der Waals surface area contributed by atoms with Crippen molar-refractivity contribution in [2.75, 3.05) is 20.8 Å². The average Bonchev–Trinajstić information content (AvgIpc) is 2.96. The number of hydrogen-bond donors (Lipinski definition) is 1. The molecule has 124 valence electrons. The number of nitrogens with one attached hydrogen (secondary N) is 1. The molecule has 0 bridgehead atoms. The van der Waals surface area contributed by atoms with Crippen LogP contribution in [0.15, 0.2) is 24.3 Å². The van der Waals surface area contributed by atoms with Crippen LogP contribution in [0.25, 0.3) is 11.4 Å². The molecule has 1 heterocycles. The molecule has 0 unspecified atom stereocenters. The molecule has 2 aromatic rings.